The summed E-state index contributed by atoms with van der Waals surface area (Å²) in [7, 11) is -4.32. The summed E-state index contributed by atoms with van der Waals surface area (Å²) in [5.41, 5.74) is -0.101. The SMILES string of the molecule is CCCCNC(=O)[C@H](C)N(Cc1ccccc1F)C(=O)CN(c1ccc([N+](=O)[O-])cc1)S(=O)(=O)c1ccccc1. The van der Waals surface area contributed by atoms with Gasteiger partial charge in [-0.05, 0) is 43.7 Å². The molecule has 3 aromatic rings. The van der Waals surface area contributed by atoms with Crippen LogP contribution in [-0.2, 0) is 26.2 Å². The van der Waals surface area contributed by atoms with Gasteiger partial charge in [0.05, 0.1) is 15.5 Å². The third-order valence-electron chi connectivity index (χ3n) is 6.25. The van der Waals surface area contributed by atoms with Gasteiger partial charge in [0, 0.05) is 30.8 Å². The van der Waals surface area contributed by atoms with Gasteiger partial charge in [0.15, 0.2) is 0 Å². The molecule has 3 aromatic carbocycles. The highest BCUT2D eigenvalue weighted by molar-refractivity contribution is 7.92. The molecule has 0 saturated carbocycles. The number of sulfonamides is 1. The zero-order valence-electron chi connectivity index (χ0n) is 22.2. The van der Waals surface area contributed by atoms with Crippen molar-refractivity contribution in [1.29, 1.82) is 0 Å². The first kappa shape index (κ1) is 30.2. The van der Waals surface area contributed by atoms with Crippen molar-refractivity contribution in [3.05, 3.63) is 100 Å². The van der Waals surface area contributed by atoms with Crippen LogP contribution in [-0.4, -0.2) is 49.2 Å². The van der Waals surface area contributed by atoms with E-state index in [-0.39, 0.29) is 28.4 Å². The Kier molecular flexibility index (Phi) is 10.3. The lowest BCUT2D eigenvalue weighted by atomic mass is 10.1. The highest BCUT2D eigenvalue weighted by Crippen LogP contribution is 2.26. The summed E-state index contributed by atoms with van der Waals surface area (Å²) in [6.07, 6.45) is 1.57. The molecule has 0 aliphatic rings. The van der Waals surface area contributed by atoms with Crippen LogP contribution in [0.4, 0.5) is 15.8 Å². The Labute approximate surface area is 232 Å². The van der Waals surface area contributed by atoms with Crippen molar-refractivity contribution in [3.63, 3.8) is 0 Å². The normalized spacial score (nSPS) is 11.9. The van der Waals surface area contributed by atoms with Crippen molar-refractivity contribution in [2.45, 2.75) is 44.2 Å². The van der Waals surface area contributed by atoms with Gasteiger partial charge in [0.25, 0.3) is 15.7 Å². The lowest BCUT2D eigenvalue weighted by Gasteiger charge is -2.32. The lowest BCUT2D eigenvalue weighted by Crippen LogP contribution is -2.51. The number of anilines is 1. The first-order chi connectivity index (χ1) is 19.1. The molecule has 10 nitrogen and oxygen atoms in total. The van der Waals surface area contributed by atoms with Gasteiger partial charge in [-0.1, -0.05) is 49.7 Å². The Morgan fingerprint density at radius 1 is 1.00 bits per heavy atom. The van der Waals surface area contributed by atoms with Crippen LogP contribution in [0.5, 0.6) is 0 Å². The van der Waals surface area contributed by atoms with Crippen molar-refractivity contribution in [2.24, 2.45) is 0 Å². The third kappa shape index (κ3) is 7.41. The van der Waals surface area contributed by atoms with Crippen LogP contribution in [0.2, 0.25) is 0 Å². The van der Waals surface area contributed by atoms with E-state index in [0.29, 0.717) is 6.54 Å². The number of hydrogen-bond acceptors (Lipinski definition) is 6. The summed E-state index contributed by atoms with van der Waals surface area (Å²) in [6, 6.07) is 16.9. The fourth-order valence-electron chi connectivity index (χ4n) is 3.92. The van der Waals surface area contributed by atoms with Gasteiger partial charge < -0.3 is 10.2 Å². The van der Waals surface area contributed by atoms with Crippen LogP contribution in [0.25, 0.3) is 0 Å². The first-order valence-corrected chi connectivity index (χ1v) is 14.1. The molecule has 0 aromatic heterocycles. The zero-order valence-corrected chi connectivity index (χ0v) is 23.0. The van der Waals surface area contributed by atoms with Gasteiger partial charge in [-0.25, -0.2) is 12.8 Å². The summed E-state index contributed by atoms with van der Waals surface area (Å²) >= 11 is 0. The number of nitro groups is 1. The maximum absolute atomic E-state index is 14.6. The van der Waals surface area contributed by atoms with E-state index in [1.807, 2.05) is 6.92 Å². The smallest absolute Gasteiger partial charge is 0.269 e. The van der Waals surface area contributed by atoms with E-state index in [4.69, 9.17) is 0 Å². The molecular weight excluding hydrogens is 539 g/mol. The predicted octanol–water partition coefficient (Wildman–Crippen LogP) is 4.26. The van der Waals surface area contributed by atoms with Crippen LogP contribution in [0, 0.1) is 15.9 Å². The van der Waals surface area contributed by atoms with E-state index in [1.54, 1.807) is 12.1 Å². The number of hydrogen-bond donors (Lipinski definition) is 1. The average Bonchev–Trinajstić information content (AvgIpc) is 2.95. The van der Waals surface area contributed by atoms with Gasteiger partial charge in [0.2, 0.25) is 11.8 Å². The molecule has 3 rings (SSSR count). The van der Waals surface area contributed by atoms with E-state index in [9.17, 15) is 32.5 Å². The molecule has 0 aliphatic carbocycles. The molecule has 12 heteroatoms. The molecule has 0 bridgehead atoms. The van der Waals surface area contributed by atoms with Crippen LogP contribution in [0.3, 0.4) is 0 Å². The van der Waals surface area contributed by atoms with Crippen molar-refractivity contribution in [3.8, 4) is 0 Å². The lowest BCUT2D eigenvalue weighted by molar-refractivity contribution is -0.384. The third-order valence-corrected chi connectivity index (χ3v) is 8.04. The molecule has 2 amide bonds. The molecule has 0 unspecified atom stereocenters. The van der Waals surface area contributed by atoms with Gasteiger partial charge in [0.1, 0.15) is 18.4 Å². The number of nitrogens with zero attached hydrogens (tertiary/aromatic N) is 3. The maximum atomic E-state index is 14.6. The van der Waals surface area contributed by atoms with E-state index < -0.39 is 45.2 Å². The van der Waals surface area contributed by atoms with Crippen LogP contribution < -0.4 is 9.62 Å². The van der Waals surface area contributed by atoms with Gasteiger partial charge in [-0.2, -0.15) is 0 Å². The Balaban J connectivity index is 2.02. The number of carbonyl (C=O) groups is 2. The second-order valence-corrected chi connectivity index (χ2v) is 10.9. The summed E-state index contributed by atoms with van der Waals surface area (Å²) in [5, 5.41) is 13.9. The second-order valence-electron chi connectivity index (χ2n) is 9.03. The monoisotopic (exact) mass is 570 g/mol. The summed E-state index contributed by atoms with van der Waals surface area (Å²) in [5.74, 6) is -1.81. The standard InChI is InChI=1S/C28H31FN4O6S/c1-3-4-18-30-28(35)21(2)31(19-22-10-8-9-13-26(22)29)27(34)20-32(23-14-16-24(17-15-23)33(36)37)40(38,39)25-11-6-5-7-12-25/h5-17,21H,3-4,18-20H2,1-2H3,(H,30,35)/t21-/m0/s1. The van der Waals surface area contributed by atoms with Gasteiger partial charge in [-0.15, -0.1) is 0 Å². The van der Waals surface area contributed by atoms with Crippen LogP contribution in [0.1, 0.15) is 32.3 Å². The number of non-ortho nitro benzene ring substituents is 1. The first-order valence-electron chi connectivity index (χ1n) is 12.7. The number of benzene rings is 3. The van der Waals surface area contributed by atoms with E-state index in [2.05, 4.69) is 5.32 Å². The molecule has 1 atom stereocenters. The molecule has 0 radical (unpaired) electrons. The van der Waals surface area contributed by atoms with E-state index in [1.165, 1.54) is 61.5 Å². The predicted molar refractivity (Wildman–Crippen MR) is 148 cm³/mol. The van der Waals surface area contributed by atoms with Crippen molar-refractivity contribution < 1.29 is 27.3 Å². The number of unbranched alkanes of at least 4 members (excludes halogenated alkanes) is 1. The Morgan fingerprint density at radius 2 is 1.62 bits per heavy atom. The molecule has 0 heterocycles. The highest BCUT2D eigenvalue weighted by Gasteiger charge is 2.33. The largest absolute Gasteiger partial charge is 0.354 e. The molecule has 1 N–H and O–H groups in total. The minimum absolute atomic E-state index is 0.00805. The van der Waals surface area contributed by atoms with Crippen LogP contribution in [0.15, 0.2) is 83.8 Å². The molecule has 0 spiro atoms. The molecule has 40 heavy (non-hydrogen) atoms. The second kappa shape index (κ2) is 13.7. The molecule has 0 fully saturated rings. The van der Waals surface area contributed by atoms with Gasteiger partial charge in [-0.3, -0.25) is 24.0 Å². The highest BCUT2D eigenvalue weighted by atomic mass is 32.2. The quantitative estimate of drug-likeness (QED) is 0.186. The van der Waals surface area contributed by atoms with Crippen molar-refractivity contribution >= 4 is 33.2 Å². The summed E-state index contributed by atoms with van der Waals surface area (Å²) in [4.78, 5) is 38.2. The molecule has 212 valence electrons. The number of nitro benzene ring substituents is 1. The number of carbonyl (C=O) groups excluding carboxylic acids is 2. The van der Waals surface area contributed by atoms with E-state index in [0.717, 1.165) is 34.2 Å². The van der Waals surface area contributed by atoms with Crippen LogP contribution >= 0.6 is 0 Å². The number of rotatable bonds is 13. The fourth-order valence-corrected chi connectivity index (χ4v) is 5.35. The molecular formula is C28H31FN4O6S. The molecule has 0 aliphatic heterocycles. The Hall–Kier alpha value is -4.32. The minimum Gasteiger partial charge on any atom is -0.354 e. The number of halogens is 1. The number of amides is 2. The van der Waals surface area contributed by atoms with Crippen molar-refractivity contribution in [2.75, 3.05) is 17.4 Å². The molecule has 0 saturated heterocycles. The summed E-state index contributed by atoms with van der Waals surface area (Å²) in [6.45, 7) is 2.81. The summed E-state index contributed by atoms with van der Waals surface area (Å²) < 4.78 is 42.8. The maximum Gasteiger partial charge on any atom is 0.269 e. The van der Waals surface area contributed by atoms with Gasteiger partial charge >= 0.3 is 0 Å². The average molecular weight is 571 g/mol. The fraction of sp³-hybridized carbons (Fsp3) is 0.286. The zero-order chi connectivity index (χ0) is 29.3. The number of nitrogens with one attached hydrogen (secondary N) is 1. The Bertz CT molecular complexity index is 1430. The minimum atomic E-state index is -4.32. The van der Waals surface area contributed by atoms with Crippen molar-refractivity contribution in [1.82, 2.24) is 10.2 Å². The Morgan fingerprint density at radius 3 is 2.23 bits per heavy atom. The topological polar surface area (TPSA) is 130 Å². The van der Waals surface area contributed by atoms with E-state index >= 15 is 0 Å².